The number of ether oxygens (including phenoxy) is 1. The minimum absolute atomic E-state index is 0.0717. The lowest BCUT2D eigenvalue weighted by Gasteiger charge is -2.41. The van der Waals surface area contributed by atoms with Crippen LogP contribution in [0, 0.1) is 0 Å². The van der Waals surface area contributed by atoms with Crippen molar-refractivity contribution in [3.63, 3.8) is 0 Å². The number of aromatic nitrogens is 2. The second-order valence-electron chi connectivity index (χ2n) is 6.11. The van der Waals surface area contributed by atoms with Crippen molar-refractivity contribution in [3.05, 3.63) is 41.7 Å². The number of nitrogens with zero attached hydrogens (tertiary/aromatic N) is 3. The summed E-state index contributed by atoms with van der Waals surface area (Å²) in [5.74, 6) is 0.926. The van der Waals surface area contributed by atoms with Gasteiger partial charge in [0, 0.05) is 37.1 Å². The Morgan fingerprint density at radius 1 is 1.33 bits per heavy atom. The summed E-state index contributed by atoms with van der Waals surface area (Å²) in [4.78, 5) is 17.1. The molecule has 6 heteroatoms. The molecule has 0 saturated carbocycles. The number of aryl methyl sites for hydroxylation is 1. The van der Waals surface area contributed by atoms with Crippen LogP contribution in [0.15, 0.2) is 30.5 Å². The summed E-state index contributed by atoms with van der Waals surface area (Å²) in [7, 11) is 1.67. The molecule has 1 saturated heterocycles. The van der Waals surface area contributed by atoms with E-state index < -0.39 is 0 Å². The van der Waals surface area contributed by atoms with Crippen LogP contribution >= 0.6 is 0 Å². The molecule has 1 atom stereocenters. The van der Waals surface area contributed by atoms with Gasteiger partial charge < -0.3 is 14.5 Å². The number of rotatable bonds is 4. The molecule has 1 amide bonds. The summed E-state index contributed by atoms with van der Waals surface area (Å²) in [6, 6.07) is 8.21. The summed E-state index contributed by atoms with van der Waals surface area (Å²) in [5, 5.41) is 6.93. The first kappa shape index (κ1) is 16.4. The lowest BCUT2D eigenvalue weighted by molar-refractivity contribution is 0.0673. The third-order valence-corrected chi connectivity index (χ3v) is 4.63. The molecule has 2 aromatic rings. The van der Waals surface area contributed by atoms with Gasteiger partial charge >= 0.3 is 0 Å². The monoisotopic (exact) mass is 328 g/mol. The Kier molecular flexibility index (Phi) is 4.74. The molecule has 6 nitrogen and oxygen atoms in total. The van der Waals surface area contributed by atoms with Gasteiger partial charge in [0.15, 0.2) is 0 Å². The van der Waals surface area contributed by atoms with Crippen LogP contribution in [0.1, 0.15) is 29.9 Å². The van der Waals surface area contributed by atoms with Crippen LogP contribution in [0.4, 0.5) is 5.69 Å². The molecule has 1 N–H and O–H groups in total. The molecule has 1 aliphatic heterocycles. The molecule has 0 aliphatic carbocycles. The number of carbonyl (C=O) groups excluding carboxylic acids is 1. The van der Waals surface area contributed by atoms with Gasteiger partial charge in [-0.15, -0.1) is 0 Å². The number of carbonyl (C=O) groups is 1. The number of methoxy groups -OCH3 is 1. The van der Waals surface area contributed by atoms with Gasteiger partial charge in [-0.2, -0.15) is 5.10 Å². The summed E-state index contributed by atoms with van der Waals surface area (Å²) >= 11 is 0. The highest BCUT2D eigenvalue weighted by Crippen LogP contribution is 2.23. The van der Waals surface area contributed by atoms with Crippen molar-refractivity contribution in [1.29, 1.82) is 0 Å². The summed E-state index contributed by atoms with van der Waals surface area (Å²) < 4.78 is 5.21. The zero-order valence-electron chi connectivity index (χ0n) is 14.5. The Labute approximate surface area is 142 Å². The summed E-state index contributed by atoms with van der Waals surface area (Å²) in [6.45, 7) is 6.47. The smallest absolute Gasteiger partial charge is 0.257 e. The van der Waals surface area contributed by atoms with E-state index in [4.69, 9.17) is 4.74 Å². The first-order chi connectivity index (χ1) is 11.6. The van der Waals surface area contributed by atoms with Gasteiger partial charge in [0.1, 0.15) is 5.75 Å². The molecule has 2 heterocycles. The average Bonchev–Trinajstić information content (AvgIpc) is 3.10. The fourth-order valence-corrected chi connectivity index (χ4v) is 3.21. The van der Waals surface area contributed by atoms with Crippen LogP contribution in [0.2, 0.25) is 0 Å². The number of aromatic amines is 1. The number of piperazine rings is 1. The summed E-state index contributed by atoms with van der Waals surface area (Å²) in [5.41, 5.74) is 2.76. The van der Waals surface area contributed by atoms with Crippen molar-refractivity contribution < 1.29 is 9.53 Å². The van der Waals surface area contributed by atoms with Gasteiger partial charge in [0.05, 0.1) is 18.9 Å². The molecule has 128 valence electrons. The van der Waals surface area contributed by atoms with E-state index in [0.29, 0.717) is 12.1 Å². The lowest BCUT2D eigenvalue weighted by Crippen LogP contribution is -2.54. The van der Waals surface area contributed by atoms with Gasteiger partial charge in [-0.3, -0.25) is 9.89 Å². The van der Waals surface area contributed by atoms with Gasteiger partial charge in [-0.1, -0.05) is 6.92 Å². The number of hydrogen-bond acceptors (Lipinski definition) is 4. The first-order valence-electron chi connectivity index (χ1n) is 8.36. The van der Waals surface area contributed by atoms with E-state index in [0.717, 1.165) is 36.6 Å². The Morgan fingerprint density at radius 2 is 2.08 bits per heavy atom. The fourth-order valence-electron chi connectivity index (χ4n) is 3.21. The van der Waals surface area contributed by atoms with Crippen LogP contribution in [0.5, 0.6) is 5.75 Å². The Morgan fingerprint density at radius 3 is 2.71 bits per heavy atom. The minimum Gasteiger partial charge on any atom is -0.497 e. The number of amides is 1. The van der Waals surface area contributed by atoms with Crippen molar-refractivity contribution in [1.82, 2.24) is 15.1 Å². The lowest BCUT2D eigenvalue weighted by atomic mass is 10.1. The largest absolute Gasteiger partial charge is 0.497 e. The zero-order valence-corrected chi connectivity index (χ0v) is 14.5. The van der Waals surface area contributed by atoms with Crippen molar-refractivity contribution in [2.75, 3.05) is 31.6 Å². The van der Waals surface area contributed by atoms with E-state index in [1.165, 1.54) is 0 Å². The van der Waals surface area contributed by atoms with Crippen LogP contribution in [-0.2, 0) is 6.42 Å². The Bertz CT molecular complexity index is 695. The van der Waals surface area contributed by atoms with Gasteiger partial charge in [-0.25, -0.2) is 0 Å². The Balaban J connectivity index is 1.69. The van der Waals surface area contributed by atoms with Gasteiger partial charge in [-0.05, 0) is 37.6 Å². The third kappa shape index (κ3) is 3.09. The fraction of sp³-hybridized carbons (Fsp3) is 0.444. The number of benzene rings is 1. The van der Waals surface area contributed by atoms with Crippen molar-refractivity contribution >= 4 is 11.6 Å². The third-order valence-electron chi connectivity index (χ3n) is 4.63. The molecular formula is C18H24N4O2. The number of nitrogens with one attached hydrogen (secondary N) is 1. The van der Waals surface area contributed by atoms with E-state index in [-0.39, 0.29) is 11.9 Å². The molecule has 0 spiro atoms. The second-order valence-corrected chi connectivity index (χ2v) is 6.11. The Hall–Kier alpha value is -2.50. The second kappa shape index (κ2) is 6.95. The molecule has 3 rings (SSSR count). The summed E-state index contributed by atoms with van der Waals surface area (Å²) in [6.07, 6.45) is 2.42. The van der Waals surface area contributed by atoms with E-state index >= 15 is 0 Å². The van der Waals surface area contributed by atoms with E-state index in [2.05, 4.69) is 34.2 Å². The first-order valence-corrected chi connectivity index (χ1v) is 8.36. The molecular weight excluding hydrogens is 304 g/mol. The maximum Gasteiger partial charge on any atom is 0.257 e. The van der Waals surface area contributed by atoms with Crippen LogP contribution in [0.25, 0.3) is 0 Å². The highest BCUT2D eigenvalue weighted by Gasteiger charge is 2.29. The number of H-pyrrole nitrogens is 1. The van der Waals surface area contributed by atoms with Crippen molar-refractivity contribution in [3.8, 4) is 5.75 Å². The molecule has 0 bridgehead atoms. The molecule has 24 heavy (non-hydrogen) atoms. The van der Waals surface area contributed by atoms with E-state index in [9.17, 15) is 4.79 Å². The van der Waals surface area contributed by atoms with E-state index in [1.807, 2.05) is 24.0 Å². The highest BCUT2D eigenvalue weighted by atomic mass is 16.5. The molecule has 1 aromatic carbocycles. The van der Waals surface area contributed by atoms with Crippen LogP contribution in [0.3, 0.4) is 0 Å². The van der Waals surface area contributed by atoms with Crippen LogP contribution < -0.4 is 9.64 Å². The maximum absolute atomic E-state index is 12.8. The average molecular weight is 328 g/mol. The van der Waals surface area contributed by atoms with Crippen molar-refractivity contribution in [2.24, 2.45) is 0 Å². The maximum atomic E-state index is 12.8. The predicted molar refractivity (Wildman–Crippen MR) is 93.7 cm³/mol. The van der Waals surface area contributed by atoms with Crippen LogP contribution in [-0.4, -0.2) is 53.8 Å². The normalized spacial score (nSPS) is 17.9. The van der Waals surface area contributed by atoms with Crippen molar-refractivity contribution in [2.45, 2.75) is 26.3 Å². The number of anilines is 1. The highest BCUT2D eigenvalue weighted by molar-refractivity contribution is 5.95. The predicted octanol–water partition coefficient (Wildman–Crippen LogP) is 2.33. The zero-order chi connectivity index (χ0) is 17.1. The molecule has 1 fully saturated rings. The molecule has 1 unspecified atom stereocenters. The van der Waals surface area contributed by atoms with Gasteiger partial charge in [0.2, 0.25) is 0 Å². The minimum atomic E-state index is 0.0717. The quantitative estimate of drug-likeness (QED) is 0.936. The SMILES string of the molecule is CCc1[nH]ncc1C(=O)N1CCN(c2ccc(OC)cc2)CC1C. The van der Waals surface area contributed by atoms with E-state index in [1.54, 1.807) is 13.3 Å². The standard InChI is InChI=1S/C18H24N4O2/c1-4-17-16(11-19-20-17)18(23)22-10-9-21(12-13(22)2)14-5-7-15(24-3)8-6-14/h5-8,11,13H,4,9-10,12H2,1-3H3,(H,19,20). The molecule has 1 aromatic heterocycles. The van der Waals surface area contributed by atoms with Gasteiger partial charge in [0.25, 0.3) is 5.91 Å². The molecule has 1 aliphatic rings. The topological polar surface area (TPSA) is 61.5 Å². The molecule has 0 radical (unpaired) electrons. The number of hydrogen-bond donors (Lipinski definition) is 1.